The van der Waals surface area contributed by atoms with Crippen molar-refractivity contribution in [3.05, 3.63) is 16.1 Å². The molecule has 6 nitrogen and oxygen atoms in total. The van der Waals surface area contributed by atoms with Crippen LogP contribution in [0.15, 0.2) is 10.5 Å². The second-order valence-corrected chi connectivity index (χ2v) is 4.75. The molecule has 0 aromatic heterocycles. The molecule has 1 rings (SSSR count). The Morgan fingerprint density at radius 1 is 1.25 bits per heavy atom. The van der Waals surface area contributed by atoms with Gasteiger partial charge in [0.1, 0.15) is 0 Å². The molecular formula is C13H18BrNO5. The molecule has 1 aromatic rings. The molecule has 1 amide bonds. The number of aliphatic hydroxyl groups is 1. The zero-order chi connectivity index (χ0) is 15.3. The van der Waals surface area contributed by atoms with Gasteiger partial charge in [-0.25, -0.2) is 0 Å². The van der Waals surface area contributed by atoms with Crippen LogP contribution in [0.2, 0.25) is 0 Å². The third kappa shape index (κ3) is 3.16. The van der Waals surface area contributed by atoms with Gasteiger partial charge in [-0.15, -0.1) is 0 Å². The minimum absolute atomic E-state index is 0.107. The predicted octanol–water partition coefficient (Wildman–Crippen LogP) is 1.54. The predicted molar refractivity (Wildman–Crippen MR) is 77.8 cm³/mol. The van der Waals surface area contributed by atoms with Crippen molar-refractivity contribution in [2.75, 3.05) is 41.5 Å². The molecule has 20 heavy (non-hydrogen) atoms. The maximum Gasteiger partial charge on any atom is 0.255 e. The third-order valence-electron chi connectivity index (χ3n) is 2.78. The van der Waals surface area contributed by atoms with E-state index in [2.05, 4.69) is 15.9 Å². The quantitative estimate of drug-likeness (QED) is 0.845. The first-order valence-electron chi connectivity index (χ1n) is 5.86. The van der Waals surface area contributed by atoms with E-state index in [-0.39, 0.29) is 19.1 Å². The fourth-order valence-corrected chi connectivity index (χ4v) is 2.36. The molecule has 0 aliphatic carbocycles. The SMILES string of the molecule is COc1cc(C(=O)N(C)CCO)c(Br)c(OC)c1OC. The summed E-state index contributed by atoms with van der Waals surface area (Å²) in [5.41, 5.74) is 0.371. The van der Waals surface area contributed by atoms with Gasteiger partial charge in [0.15, 0.2) is 11.5 Å². The van der Waals surface area contributed by atoms with Crippen LogP contribution in [0, 0.1) is 0 Å². The van der Waals surface area contributed by atoms with Gasteiger partial charge in [-0.1, -0.05) is 0 Å². The highest BCUT2D eigenvalue weighted by Gasteiger charge is 2.24. The average molecular weight is 348 g/mol. The van der Waals surface area contributed by atoms with Crippen molar-refractivity contribution < 1.29 is 24.1 Å². The van der Waals surface area contributed by atoms with Crippen LogP contribution in [0.25, 0.3) is 0 Å². The Hall–Kier alpha value is -1.47. The second-order valence-electron chi connectivity index (χ2n) is 3.96. The van der Waals surface area contributed by atoms with Crippen molar-refractivity contribution in [2.24, 2.45) is 0 Å². The Kier molecular flexibility index (Phi) is 6.09. The number of nitrogens with zero attached hydrogens (tertiary/aromatic N) is 1. The van der Waals surface area contributed by atoms with Gasteiger partial charge in [-0.05, 0) is 22.0 Å². The van der Waals surface area contributed by atoms with Crippen molar-refractivity contribution in [2.45, 2.75) is 0 Å². The van der Waals surface area contributed by atoms with E-state index < -0.39 is 0 Å². The number of halogens is 1. The van der Waals surface area contributed by atoms with Gasteiger partial charge in [0, 0.05) is 13.6 Å². The van der Waals surface area contributed by atoms with E-state index in [1.165, 1.54) is 26.2 Å². The molecule has 0 fully saturated rings. The highest BCUT2D eigenvalue weighted by Crippen LogP contribution is 2.44. The standard InChI is InChI=1S/C13H18BrNO5/c1-15(5-6-16)13(17)8-7-9(18-2)11(19-3)12(20-4)10(8)14/h7,16H,5-6H2,1-4H3. The largest absolute Gasteiger partial charge is 0.493 e. The Morgan fingerprint density at radius 3 is 2.30 bits per heavy atom. The highest BCUT2D eigenvalue weighted by atomic mass is 79.9. The summed E-state index contributed by atoms with van der Waals surface area (Å²) >= 11 is 3.35. The fourth-order valence-electron chi connectivity index (χ4n) is 1.73. The van der Waals surface area contributed by atoms with Crippen molar-refractivity contribution >= 4 is 21.8 Å². The lowest BCUT2D eigenvalue weighted by Gasteiger charge is -2.20. The molecule has 0 atom stereocenters. The second kappa shape index (κ2) is 7.35. The Balaban J connectivity index is 3.37. The zero-order valence-electron chi connectivity index (χ0n) is 11.9. The lowest BCUT2D eigenvalue weighted by molar-refractivity contribution is 0.0765. The van der Waals surface area contributed by atoms with E-state index in [4.69, 9.17) is 19.3 Å². The van der Waals surface area contributed by atoms with Gasteiger partial charge in [-0.3, -0.25) is 4.79 Å². The van der Waals surface area contributed by atoms with Crippen molar-refractivity contribution in [1.82, 2.24) is 4.90 Å². The molecular weight excluding hydrogens is 330 g/mol. The number of methoxy groups -OCH3 is 3. The lowest BCUT2D eigenvalue weighted by Crippen LogP contribution is -2.29. The van der Waals surface area contributed by atoms with Crippen LogP contribution in [0.4, 0.5) is 0 Å². The van der Waals surface area contributed by atoms with Gasteiger partial charge in [-0.2, -0.15) is 0 Å². The fraction of sp³-hybridized carbons (Fsp3) is 0.462. The minimum Gasteiger partial charge on any atom is -0.493 e. The smallest absolute Gasteiger partial charge is 0.255 e. The summed E-state index contributed by atoms with van der Waals surface area (Å²) in [5.74, 6) is 0.925. The lowest BCUT2D eigenvalue weighted by atomic mass is 10.1. The van der Waals surface area contributed by atoms with E-state index in [9.17, 15) is 4.79 Å². The molecule has 0 aliphatic heterocycles. The molecule has 0 saturated heterocycles. The minimum atomic E-state index is -0.259. The molecule has 0 bridgehead atoms. The number of benzene rings is 1. The van der Waals surface area contributed by atoms with Gasteiger partial charge in [0.2, 0.25) is 5.75 Å². The van der Waals surface area contributed by atoms with Gasteiger partial charge >= 0.3 is 0 Å². The van der Waals surface area contributed by atoms with Gasteiger partial charge < -0.3 is 24.2 Å². The number of carbonyl (C=O) groups is 1. The van der Waals surface area contributed by atoms with Crippen molar-refractivity contribution in [3.8, 4) is 17.2 Å². The number of likely N-dealkylation sites (N-methyl/N-ethyl adjacent to an activating group) is 1. The Bertz CT molecular complexity index is 492. The first kappa shape index (κ1) is 16.6. The summed E-state index contributed by atoms with van der Waals surface area (Å²) in [6.45, 7) is 0.131. The number of aliphatic hydroxyl groups excluding tert-OH is 1. The monoisotopic (exact) mass is 347 g/mol. The topological polar surface area (TPSA) is 68.2 Å². The molecule has 0 unspecified atom stereocenters. The first-order valence-corrected chi connectivity index (χ1v) is 6.65. The van der Waals surface area contributed by atoms with Gasteiger partial charge in [0.25, 0.3) is 5.91 Å². The van der Waals surface area contributed by atoms with E-state index >= 15 is 0 Å². The number of ether oxygens (including phenoxy) is 3. The van der Waals surface area contributed by atoms with Crippen LogP contribution in [-0.2, 0) is 0 Å². The molecule has 112 valence electrons. The van der Waals surface area contributed by atoms with E-state index in [0.717, 1.165) is 0 Å². The molecule has 0 aliphatic rings. The molecule has 0 saturated carbocycles. The number of carbonyl (C=O) groups excluding carboxylic acids is 1. The third-order valence-corrected chi connectivity index (χ3v) is 3.57. The first-order chi connectivity index (χ1) is 9.51. The summed E-state index contributed by atoms with van der Waals surface area (Å²) in [5, 5.41) is 8.91. The average Bonchev–Trinajstić information content (AvgIpc) is 2.45. The van der Waals surface area contributed by atoms with E-state index in [1.54, 1.807) is 13.1 Å². The molecule has 0 spiro atoms. The zero-order valence-corrected chi connectivity index (χ0v) is 13.5. The summed E-state index contributed by atoms with van der Waals surface area (Å²) in [6, 6.07) is 1.57. The Labute approximate surface area is 126 Å². The van der Waals surface area contributed by atoms with Gasteiger partial charge in [0.05, 0.1) is 38.0 Å². The van der Waals surface area contributed by atoms with Crippen LogP contribution in [0.3, 0.4) is 0 Å². The highest BCUT2D eigenvalue weighted by molar-refractivity contribution is 9.10. The van der Waals surface area contributed by atoms with E-state index in [0.29, 0.717) is 27.3 Å². The summed E-state index contributed by atoms with van der Waals surface area (Å²) in [7, 11) is 6.06. The number of amides is 1. The van der Waals surface area contributed by atoms with E-state index in [1.807, 2.05) is 0 Å². The molecule has 1 aromatic carbocycles. The molecule has 0 radical (unpaired) electrons. The summed E-state index contributed by atoms with van der Waals surface area (Å²) in [6.07, 6.45) is 0. The van der Waals surface area contributed by atoms with Crippen LogP contribution < -0.4 is 14.2 Å². The summed E-state index contributed by atoms with van der Waals surface area (Å²) in [4.78, 5) is 13.7. The number of hydrogen-bond donors (Lipinski definition) is 1. The molecule has 7 heteroatoms. The normalized spacial score (nSPS) is 10.1. The number of hydrogen-bond acceptors (Lipinski definition) is 5. The molecule has 0 heterocycles. The molecule has 1 N–H and O–H groups in total. The van der Waals surface area contributed by atoms with Crippen molar-refractivity contribution in [3.63, 3.8) is 0 Å². The van der Waals surface area contributed by atoms with Crippen molar-refractivity contribution in [1.29, 1.82) is 0 Å². The Morgan fingerprint density at radius 2 is 1.85 bits per heavy atom. The summed E-state index contributed by atoms with van der Waals surface area (Å²) < 4.78 is 16.2. The van der Waals surface area contributed by atoms with Crippen LogP contribution in [0.1, 0.15) is 10.4 Å². The maximum absolute atomic E-state index is 12.3. The van der Waals surface area contributed by atoms with Crippen LogP contribution in [0.5, 0.6) is 17.2 Å². The maximum atomic E-state index is 12.3. The number of rotatable bonds is 6. The van der Waals surface area contributed by atoms with Crippen LogP contribution in [-0.4, -0.2) is 57.4 Å². The van der Waals surface area contributed by atoms with Crippen LogP contribution >= 0.6 is 15.9 Å².